The van der Waals surface area contributed by atoms with E-state index in [1.165, 1.54) is 50.0 Å². The molecule has 3 heteroatoms. The standard InChI is InChI=1S/C16H25N3/c1-18-9-3-5-14(8-10-18)19-11-7-13-4-2-6-16(17)15(13)12-19/h2,4,6,14H,3,5,7-12,17H2,1H3. The first-order valence-electron chi connectivity index (χ1n) is 7.53. The molecule has 1 unspecified atom stereocenters. The van der Waals surface area contributed by atoms with Crippen LogP contribution in [0, 0.1) is 0 Å². The van der Waals surface area contributed by atoms with Gasteiger partial charge in [0.15, 0.2) is 0 Å². The molecule has 2 aliphatic rings. The monoisotopic (exact) mass is 259 g/mol. The van der Waals surface area contributed by atoms with Gasteiger partial charge in [-0.05, 0) is 63.0 Å². The predicted octanol–water partition coefficient (Wildman–Crippen LogP) is 2.11. The van der Waals surface area contributed by atoms with E-state index < -0.39 is 0 Å². The van der Waals surface area contributed by atoms with Gasteiger partial charge in [-0.1, -0.05) is 12.1 Å². The fourth-order valence-electron chi connectivity index (χ4n) is 3.53. The predicted molar refractivity (Wildman–Crippen MR) is 80.1 cm³/mol. The average molecular weight is 259 g/mol. The summed E-state index contributed by atoms with van der Waals surface area (Å²) in [7, 11) is 2.24. The summed E-state index contributed by atoms with van der Waals surface area (Å²) in [4.78, 5) is 5.13. The fourth-order valence-corrected chi connectivity index (χ4v) is 3.53. The van der Waals surface area contributed by atoms with Crippen LogP contribution in [0.4, 0.5) is 5.69 Å². The van der Waals surface area contributed by atoms with Crippen LogP contribution in [-0.4, -0.2) is 42.5 Å². The lowest BCUT2D eigenvalue weighted by molar-refractivity contribution is 0.162. The second-order valence-corrected chi connectivity index (χ2v) is 6.09. The molecule has 1 aromatic rings. The summed E-state index contributed by atoms with van der Waals surface area (Å²) in [6, 6.07) is 7.12. The van der Waals surface area contributed by atoms with Gasteiger partial charge in [0.05, 0.1) is 0 Å². The molecule has 3 nitrogen and oxygen atoms in total. The number of nitrogens with zero attached hydrogens (tertiary/aromatic N) is 2. The quantitative estimate of drug-likeness (QED) is 0.784. The van der Waals surface area contributed by atoms with Gasteiger partial charge in [0.1, 0.15) is 0 Å². The maximum atomic E-state index is 6.15. The molecule has 0 radical (unpaired) electrons. The molecule has 2 aliphatic heterocycles. The van der Waals surface area contributed by atoms with Gasteiger partial charge in [0.2, 0.25) is 0 Å². The first-order chi connectivity index (χ1) is 9.24. The van der Waals surface area contributed by atoms with Crippen molar-refractivity contribution >= 4 is 5.69 Å². The Bertz CT molecular complexity index is 444. The number of anilines is 1. The van der Waals surface area contributed by atoms with Crippen LogP contribution in [0.2, 0.25) is 0 Å². The molecule has 1 fully saturated rings. The zero-order chi connectivity index (χ0) is 13.2. The SMILES string of the molecule is CN1CCCC(N2CCc3cccc(N)c3C2)CC1. The first kappa shape index (κ1) is 12.9. The smallest absolute Gasteiger partial charge is 0.0362 e. The van der Waals surface area contributed by atoms with Crippen LogP contribution in [0.5, 0.6) is 0 Å². The Morgan fingerprint density at radius 2 is 2.05 bits per heavy atom. The van der Waals surface area contributed by atoms with Gasteiger partial charge in [-0.15, -0.1) is 0 Å². The van der Waals surface area contributed by atoms with Crippen LogP contribution in [0.25, 0.3) is 0 Å². The lowest BCUT2D eigenvalue weighted by Crippen LogP contribution is -2.40. The van der Waals surface area contributed by atoms with Crippen molar-refractivity contribution < 1.29 is 0 Å². The molecule has 0 spiro atoms. The minimum atomic E-state index is 0.748. The van der Waals surface area contributed by atoms with Crippen LogP contribution in [-0.2, 0) is 13.0 Å². The number of hydrogen-bond donors (Lipinski definition) is 1. The summed E-state index contributed by atoms with van der Waals surface area (Å²) in [6.07, 6.45) is 5.13. The Balaban J connectivity index is 1.72. The minimum Gasteiger partial charge on any atom is -0.398 e. The zero-order valence-corrected chi connectivity index (χ0v) is 11.9. The Hall–Kier alpha value is -1.06. The van der Waals surface area contributed by atoms with Gasteiger partial charge in [0, 0.05) is 24.8 Å². The molecule has 19 heavy (non-hydrogen) atoms. The van der Waals surface area contributed by atoms with Crippen molar-refractivity contribution in [3.63, 3.8) is 0 Å². The van der Waals surface area contributed by atoms with Crippen LogP contribution >= 0.6 is 0 Å². The third kappa shape index (κ3) is 2.77. The van der Waals surface area contributed by atoms with Gasteiger partial charge < -0.3 is 10.6 Å². The molecular formula is C16H25N3. The van der Waals surface area contributed by atoms with E-state index in [9.17, 15) is 0 Å². The van der Waals surface area contributed by atoms with Gasteiger partial charge in [-0.3, -0.25) is 4.90 Å². The van der Waals surface area contributed by atoms with Gasteiger partial charge in [-0.25, -0.2) is 0 Å². The highest BCUT2D eigenvalue weighted by Crippen LogP contribution is 2.28. The molecule has 0 saturated carbocycles. The second-order valence-electron chi connectivity index (χ2n) is 6.09. The highest BCUT2D eigenvalue weighted by molar-refractivity contribution is 5.51. The molecule has 0 aliphatic carbocycles. The molecule has 2 heterocycles. The maximum absolute atomic E-state index is 6.15. The van der Waals surface area contributed by atoms with Gasteiger partial charge in [-0.2, -0.15) is 0 Å². The molecule has 3 rings (SSSR count). The summed E-state index contributed by atoms with van der Waals surface area (Å²) in [5.41, 5.74) is 9.97. The summed E-state index contributed by atoms with van der Waals surface area (Å²) >= 11 is 0. The fraction of sp³-hybridized carbons (Fsp3) is 0.625. The summed E-state index contributed by atoms with van der Waals surface area (Å²) < 4.78 is 0. The van der Waals surface area contributed by atoms with Crippen molar-refractivity contribution in [1.29, 1.82) is 0 Å². The van der Waals surface area contributed by atoms with Crippen molar-refractivity contribution in [2.24, 2.45) is 0 Å². The van der Waals surface area contributed by atoms with Crippen molar-refractivity contribution in [3.8, 4) is 0 Å². The maximum Gasteiger partial charge on any atom is 0.0362 e. The molecule has 0 aromatic heterocycles. The number of nitrogens with two attached hydrogens (primary N) is 1. The molecule has 0 bridgehead atoms. The minimum absolute atomic E-state index is 0.748. The number of nitrogen functional groups attached to an aromatic ring is 1. The molecular weight excluding hydrogens is 234 g/mol. The number of rotatable bonds is 1. The van der Waals surface area contributed by atoms with E-state index in [0.29, 0.717) is 0 Å². The van der Waals surface area contributed by atoms with Crippen LogP contribution in [0.3, 0.4) is 0 Å². The largest absolute Gasteiger partial charge is 0.398 e. The van der Waals surface area contributed by atoms with Crippen LogP contribution in [0.15, 0.2) is 18.2 Å². The zero-order valence-electron chi connectivity index (χ0n) is 11.9. The normalized spacial score (nSPS) is 25.8. The third-order valence-electron chi connectivity index (χ3n) is 4.78. The van der Waals surface area contributed by atoms with Crippen molar-refractivity contribution in [3.05, 3.63) is 29.3 Å². The highest BCUT2D eigenvalue weighted by atomic mass is 15.2. The number of fused-ring (bicyclic) bond motifs is 1. The van der Waals surface area contributed by atoms with E-state index in [2.05, 4.69) is 29.0 Å². The van der Waals surface area contributed by atoms with E-state index in [1.807, 2.05) is 6.07 Å². The second kappa shape index (κ2) is 5.51. The molecule has 0 amide bonds. The molecule has 1 aromatic carbocycles. The topological polar surface area (TPSA) is 32.5 Å². The van der Waals surface area contributed by atoms with E-state index in [4.69, 9.17) is 5.73 Å². The van der Waals surface area contributed by atoms with Gasteiger partial charge >= 0.3 is 0 Å². The number of hydrogen-bond acceptors (Lipinski definition) is 3. The molecule has 2 N–H and O–H groups in total. The first-order valence-corrected chi connectivity index (χ1v) is 7.53. The number of benzene rings is 1. The Morgan fingerprint density at radius 3 is 2.95 bits per heavy atom. The third-order valence-corrected chi connectivity index (χ3v) is 4.78. The van der Waals surface area contributed by atoms with Crippen molar-refractivity contribution in [2.75, 3.05) is 32.4 Å². The van der Waals surface area contributed by atoms with E-state index >= 15 is 0 Å². The Labute approximate surface area is 116 Å². The van der Waals surface area contributed by atoms with E-state index in [1.54, 1.807) is 0 Å². The van der Waals surface area contributed by atoms with Gasteiger partial charge in [0.25, 0.3) is 0 Å². The van der Waals surface area contributed by atoms with Crippen LogP contribution in [0.1, 0.15) is 30.4 Å². The molecule has 1 saturated heterocycles. The van der Waals surface area contributed by atoms with Crippen molar-refractivity contribution in [1.82, 2.24) is 9.80 Å². The van der Waals surface area contributed by atoms with E-state index in [-0.39, 0.29) is 0 Å². The molecule has 104 valence electrons. The van der Waals surface area contributed by atoms with Crippen LogP contribution < -0.4 is 5.73 Å². The Kier molecular flexibility index (Phi) is 3.76. The lowest BCUT2D eigenvalue weighted by Gasteiger charge is -2.35. The number of likely N-dealkylation sites (tertiary alicyclic amines) is 1. The van der Waals surface area contributed by atoms with E-state index in [0.717, 1.165) is 24.7 Å². The highest BCUT2D eigenvalue weighted by Gasteiger charge is 2.25. The average Bonchev–Trinajstić information content (AvgIpc) is 2.64. The summed E-state index contributed by atoms with van der Waals surface area (Å²) in [5.74, 6) is 0. The Morgan fingerprint density at radius 1 is 1.16 bits per heavy atom. The lowest BCUT2D eigenvalue weighted by atomic mass is 9.95. The summed E-state index contributed by atoms with van der Waals surface area (Å²) in [5, 5.41) is 0. The summed E-state index contributed by atoms with van der Waals surface area (Å²) in [6.45, 7) is 4.74. The molecule has 1 atom stereocenters. The van der Waals surface area contributed by atoms with Crippen molar-refractivity contribution in [2.45, 2.75) is 38.3 Å².